The predicted octanol–water partition coefficient (Wildman–Crippen LogP) is 4.74. The molecule has 2 fully saturated rings. The quantitative estimate of drug-likeness (QED) is 0.513. The molecule has 7 nitrogen and oxygen atoms in total. The average Bonchev–Trinajstić information content (AvgIpc) is 2.80. The van der Waals surface area contributed by atoms with Crippen LogP contribution < -0.4 is 5.32 Å². The zero-order valence-electron chi connectivity index (χ0n) is 22.5. The van der Waals surface area contributed by atoms with E-state index in [1.54, 1.807) is 20.8 Å². The normalized spacial score (nSPS) is 22.8. The summed E-state index contributed by atoms with van der Waals surface area (Å²) in [5.41, 5.74) is -0.459. The average molecular weight is 525 g/mol. The van der Waals surface area contributed by atoms with Crippen LogP contribution in [0.5, 0.6) is 0 Å². The highest BCUT2D eigenvalue weighted by atomic mass is 19.1. The number of hydrogen-bond acceptors (Lipinski definition) is 5. The van der Waals surface area contributed by atoms with E-state index in [1.807, 2.05) is 0 Å². The molecule has 0 spiro atoms. The van der Waals surface area contributed by atoms with E-state index >= 15 is 0 Å². The summed E-state index contributed by atoms with van der Waals surface area (Å²) in [6, 6.07) is 1.37. The molecule has 1 heterocycles. The van der Waals surface area contributed by atoms with Gasteiger partial charge in [0.1, 0.15) is 17.2 Å². The number of nitrogens with zero attached hydrogens (tertiary/aromatic N) is 1. The molecular weight excluding hydrogens is 482 g/mol. The molecule has 0 bridgehead atoms. The summed E-state index contributed by atoms with van der Waals surface area (Å²) < 4.78 is 39.3. The lowest BCUT2D eigenvalue weighted by Crippen LogP contribution is -2.62. The van der Waals surface area contributed by atoms with Gasteiger partial charge in [-0.2, -0.15) is 0 Å². The summed E-state index contributed by atoms with van der Waals surface area (Å²) >= 11 is 0. The zero-order chi connectivity index (χ0) is 27.2. The second kappa shape index (κ2) is 13.0. The number of hydrogen-bond donors (Lipinski definition) is 2. The number of ether oxygens (including phenoxy) is 2. The van der Waals surface area contributed by atoms with Crippen LogP contribution in [0.4, 0.5) is 13.6 Å². The number of nitrogens with one attached hydrogen (secondary N) is 1. The molecule has 1 aliphatic heterocycles. The van der Waals surface area contributed by atoms with Gasteiger partial charge in [-0.25, -0.2) is 13.6 Å². The predicted molar refractivity (Wildman–Crippen MR) is 136 cm³/mol. The van der Waals surface area contributed by atoms with E-state index in [4.69, 9.17) is 9.47 Å². The third-order valence-corrected chi connectivity index (χ3v) is 7.13. The van der Waals surface area contributed by atoms with Crippen LogP contribution in [0.15, 0.2) is 18.2 Å². The van der Waals surface area contributed by atoms with Crippen LogP contribution in [-0.2, 0) is 20.7 Å². The number of aliphatic hydroxyl groups is 1. The third-order valence-electron chi connectivity index (χ3n) is 7.13. The van der Waals surface area contributed by atoms with Gasteiger partial charge in [0.15, 0.2) is 0 Å². The molecule has 1 aliphatic carbocycles. The molecule has 1 aromatic rings. The lowest BCUT2D eigenvalue weighted by atomic mass is 9.85. The fourth-order valence-corrected chi connectivity index (χ4v) is 5.39. The molecule has 208 valence electrons. The number of amides is 2. The summed E-state index contributed by atoms with van der Waals surface area (Å²) in [4.78, 5) is 26.7. The van der Waals surface area contributed by atoms with Crippen molar-refractivity contribution in [1.29, 1.82) is 0 Å². The molecule has 1 saturated heterocycles. The van der Waals surface area contributed by atoms with E-state index in [0.29, 0.717) is 5.92 Å². The minimum atomic E-state index is -1.26. The Morgan fingerprint density at radius 3 is 2.38 bits per heavy atom. The molecule has 9 heteroatoms. The van der Waals surface area contributed by atoms with Crippen molar-refractivity contribution in [2.24, 2.45) is 5.92 Å². The topological polar surface area (TPSA) is 88.1 Å². The molecule has 37 heavy (non-hydrogen) atoms. The SMILES string of the molecule is CC(=O)NC(Cc1cc(F)cc(F)c1)C(O)C1COC(CCC2CCCCC2)CN1C(=O)OC(C)(C)C. The van der Waals surface area contributed by atoms with E-state index in [1.165, 1.54) is 43.9 Å². The number of rotatable bonds is 8. The summed E-state index contributed by atoms with van der Waals surface area (Å²) in [5, 5.41) is 14.1. The van der Waals surface area contributed by atoms with Crippen LogP contribution in [0.25, 0.3) is 0 Å². The molecule has 3 rings (SSSR count). The Hall–Kier alpha value is -2.26. The number of carbonyl (C=O) groups is 2. The van der Waals surface area contributed by atoms with Gasteiger partial charge in [-0.05, 0) is 63.6 Å². The van der Waals surface area contributed by atoms with Gasteiger partial charge < -0.3 is 19.9 Å². The molecule has 2 aliphatic rings. The Bertz CT molecular complexity index is 896. The molecule has 2 N–H and O–H groups in total. The van der Waals surface area contributed by atoms with E-state index in [9.17, 15) is 23.5 Å². The Balaban J connectivity index is 1.76. The van der Waals surface area contributed by atoms with E-state index in [0.717, 1.165) is 31.0 Å². The lowest BCUT2D eigenvalue weighted by Gasteiger charge is -2.44. The maximum atomic E-state index is 13.8. The van der Waals surface area contributed by atoms with Crippen LogP contribution in [0, 0.1) is 17.6 Å². The Morgan fingerprint density at radius 1 is 1.14 bits per heavy atom. The van der Waals surface area contributed by atoms with Crippen molar-refractivity contribution >= 4 is 12.0 Å². The van der Waals surface area contributed by atoms with Gasteiger partial charge >= 0.3 is 6.09 Å². The van der Waals surface area contributed by atoms with Gasteiger partial charge in [-0.1, -0.05) is 32.1 Å². The highest BCUT2D eigenvalue weighted by Gasteiger charge is 2.41. The van der Waals surface area contributed by atoms with Crippen molar-refractivity contribution in [1.82, 2.24) is 10.2 Å². The molecule has 2 amide bonds. The monoisotopic (exact) mass is 524 g/mol. The summed E-state index contributed by atoms with van der Waals surface area (Å²) in [7, 11) is 0. The van der Waals surface area contributed by atoms with E-state index in [-0.39, 0.29) is 31.2 Å². The first-order chi connectivity index (χ1) is 17.4. The van der Waals surface area contributed by atoms with Gasteiger partial charge in [-0.3, -0.25) is 9.69 Å². The van der Waals surface area contributed by atoms with Gasteiger partial charge in [0.05, 0.1) is 37.4 Å². The zero-order valence-corrected chi connectivity index (χ0v) is 22.5. The number of aliphatic hydroxyl groups excluding tert-OH is 1. The number of morpholine rings is 1. The van der Waals surface area contributed by atoms with Crippen LogP contribution >= 0.6 is 0 Å². The molecule has 4 unspecified atom stereocenters. The lowest BCUT2D eigenvalue weighted by molar-refractivity contribution is -0.124. The van der Waals surface area contributed by atoms with E-state index < -0.39 is 47.4 Å². The Morgan fingerprint density at radius 2 is 1.78 bits per heavy atom. The highest BCUT2D eigenvalue weighted by Crippen LogP contribution is 2.30. The Labute approximate surface area is 218 Å². The van der Waals surface area contributed by atoms with Crippen molar-refractivity contribution in [3.05, 3.63) is 35.4 Å². The summed E-state index contributed by atoms with van der Waals surface area (Å²) in [6.45, 7) is 6.94. The van der Waals surface area contributed by atoms with Gasteiger partial charge in [0, 0.05) is 13.0 Å². The molecule has 0 radical (unpaired) electrons. The largest absolute Gasteiger partial charge is 0.444 e. The van der Waals surface area contributed by atoms with Crippen LogP contribution in [0.3, 0.4) is 0 Å². The maximum absolute atomic E-state index is 13.8. The van der Waals surface area contributed by atoms with Crippen LogP contribution in [0.1, 0.15) is 78.2 Å². The molecule has 0 aromatic heterocycles. The fraction of sp³-hybridized carbons (Fsp3) is 0.714. The van der Waals surface area contributed by atoms with Crippen molar-refractivity contribution < 1.29 is 33.0 Å². The minimum Gasteiger partial charge on any atom is -0.444 e. The first-order valence-corrected chi connectivity index (χ1v) is 13.4. The highest BCUT2D eigenvalue weighted by molar-refractivity contribution is 5.73. The first kappa shape index (κ1) is 29.3. The smallest absolute Gasteiger partial charge is 0.410 e. The van der Waals surface area contributed by atoms with Gasteiger partial charge in [0.2, 0.25) is 5.91 Å². The molecular formula is C28H42F2N2O5. The molecule has 4 atom stereocenters. The number of halogens is 2. The van der Waals surface area contributed by atoms with Crippen molar-refractivity contribution in [2.75, 3.05) is 13.2 Å². The fourth-order valence-electron chi connectivity index (χ4n) is 5.39. The van der Waals surface area contributed by atoms with Crippen molar-refractivity contribution in [3.8, 4) is 0 Å². The van der Waals surface area contributed by atoms with Crippen molar-refractivity contribution in [3.63, 3.8) is 0 Å². The maximum Gasteiger partial charge on any atom is 0.410 e. The minimum absolute atomic E-state index is 0.0286. The third kappa shape index (κ3) is 9.21. The van der Waals surface area contributed by atoms with E-state index in [2.05, 4.69) is 5.32 Å². The van der Waals surface area contributed by atoms with Crippen molar-refractivity contribution in [2.45, 2.75) is 109 Å². The first-order valence-electron chi connectivity index (χ1n) is 13.4. The number of benzene rings is 1. The molecule has 1 saturated carbocycles. The summed E-state index contributed by atoms with van der Waals surface area (Å²) in [5.74, 6) is -1.23. The number of carbonyl (C=O) groups excluding carboxylic acids is 2. The van der Waals surface area contributed by atoms with Gasteiger partial charge in [0.25, 0.3) is 0 Å². The Kier molecular flexibility index (Phi) is 10.3. The van der Waals surface area contributed by atoms with Crippen LogP contribution in [-0.4, -0.2) is 65.1 Å². The standard InChI is InChI=1S/C28H42F2N2O5/c1-18(33)31-24(14-20-12-21(29)15-22(30)13-20)26(34)25-17-36-23(11-10-19-8-6-5-7-9-19)16-32(25)27(35)37-28(2,3)4/h12-13,15,19,23-26,34H,5-11,14,16-17H2,1-4H3,(H,31,33). The molecule has 1 aromatic carbocycles. The van der Waals surface area contributed by atoms with Crippen LogP contribution in [0.2, 0.25) is 0 Å². The second-order valence-electron chi connectivity index (χ2n) is 11.5. The van der Waals surface area contributed by atoms with Gasteiger partial charge in [-0.15, -0.1) is 0 Å². The second-order valence-corrected chi connectivity index (χ2v) is 11.5. The summed E-state index contributed by atoms with van der Waals surface area (Å²) in [6.07, 6.45) is 6.05.